The van der Waals surface area contributed by atoms with E-state index in [0.717, 1.165) is 29.5 Å². The van der Waals surface area contributed by atoms with Crippen LogP contribution >= 0.6 is 11.3 Å². The SMILES string of the molecule is Cc1cc(C(=O)N2CCN(c3nc4c(C)c(C)ccc4s3)CC2)c(C)o1. The molecule has 1 saturated heterocycles. The van der Waals surface area contributed by atoms with Crippen molar-refractivity contribution in [1.29, 1.82) is 0 Å². The van der Waals surface area contributed by atoms with Crippen molar-refractivity contribution in [1.82, 2.24) is 9.88 Å². The molecule has 26 heavy (non-hydrogen) atoms. The van der Waals surface area contributed by atoms with Gasteiger partial charge in [0.05, 0.1) is 15.8 Å². The van der Waals surface area contributed by atoms with Crippen molar-refractivity contribution in [3.05, 3.63) is 46.4 Å². The lowest BCUT2D eigenvalue weighted by atomic mass is 10.1. The second kappa shape index (κ2) is 6.43. The standard InChI is InChI=1S/C20H23N3O2S/c1-12-5-6-17-18(14(12)3)21-20(26-17)23-9-7-22(8-10-23)19(24)16-11-13(2)25-15(16)4/h5-6,11H,7-10H2,1-4H3. The third kappa shape index (κ3) is 2.88. The fourth-order valence-corrected chi connectivity index (χ4v) is 4.54. The van der Waals surface area contributed by atoms with Gasteiger partial charge in [0.2, 0.25) is 0 Å². The number of nitrogens with zero attached hydrogens (tertiary/aromatic N) is 3. The van der Waals surface area contributed by atoms with E-state index in [1.807, 2.05) is 24.8 Å². The van der Waals surface area contributed by atoms with Crippen molar-refractivity contribution in [3.8, 4) is 0 Å². The Kier molecular flexibility index (Phi) is 4.23. The zero-order valence-electron chi connectivity index (χ0n) is 15.6. The van der Waals surface area contributed by atoms with Gasteiger partial charge in [0, 0.05) is 26.2 Å². The number of piperazine rings is 1. The van der Waals surface area contributed by atoms with Crippen LogP contribution in [0.3, 0.4) is 0 Å². The monoisotopic (exact) mass is 369 g/mol. The number of furan rings is 1. The number of rotatable bonds is 2. The van der Waals surface area contributed by atoms with Crippen molar-refractivity contribution < 1.29 is 9.21 Å². The number of aryl methyl sites for hydroxylation is 4. The molecule has 1 aromatic carbocycles. The first kappa shape index (κ1) is 17.1. The fraction of sp³-hybridized carbons (Fsp3) is 0.400. The third-order valence-corrected chi connectivity index (χ3v) is 6.26. The number of benzene rings is 1. The molecular weight excluding hydrogens is 346 g/mol. The normalized spacial score (nSPS) is 15.1. The molecule has 0 bridgehead atoms. The Balaban J connectivity index is 1.49. The van der Waals surface area contributed by atoms with Crippen LogP contribution in [-0.2, 0) is 0 Å². The van der Waals surface area contributed by atoms with E-state index in [1.165, 1.54) is 15.8 Å². The van der Waals surface area contributed by atoms with Crippen molar-refractivity contribution in [2.24, 2.45) is 0 Å². The predicted molar refractivity (Wildman–Crippen MR) is 105 cm³/mol. The first-order valence-electron chi connectivity index (χ1n) is 8.92. The molecule has 0 aliphatic carbocycles. The number of carbonyl (C=O) groups is 1. The molecule has 3 heterocycles. The van der Waals surface area contributed by atoms with E-state index in [2.05, 4.69) is 30.9 Å². The molecule has 1 aliphatic rings. The van der Waals surface area contributed by atoms with E-state index >= 15 is 0 Å². The lowest BCUT2D eigenvalue weighted by Gasteiger charge is -2.34. The largest absolute Gasteiger partial charge is 0.466 e. The maximum absolute atomic E-state index is 12.7. The van der Waals surface area contributed by atoms with Gasteiger partial charge in [0.15, 0.2) is 5.13 Å². The van der Waals surface area contributed by atoms with Crippen molar-refractivity contribution in [3.63, 3.8) is 0 Å². The number of hydrogen-bond donors (Lipinski definition) is 0. The first-order chi connectivity index (χ1) is 12.4. The molecule has 1 amide bonds. The molecule has 136 valence electrons. The molecule has 1 fully saturated rings. The summed E-state index contributed by atoms with van der Waals surface area (Å²) in [5.74, 6) is 1.55. The van der Waals surface area contributed by atoms with Gasteiger partial charge in [-0.3, -0.25) is 4.79 Å². The third-order valence-electron chi connectivity index (χ3n) is 5.18. The van der Waals surface area contributed by atoms with Crippen LogP contribution in [-0.4, -0.2) is 42.0 Å². The highest BCUT2D eigenvalue weighted by molar-refractivity contribution is 7.22. The molecule has 6 heteroatoms. The van der Waals surface area contributed by atoms with E-state index in [-0.39, 0.29) is 5.91 Å². The molecule has 4 rings (SSSR count). The van der Waals surface area contributed by atoms with Crippen LogP contribution in [0.5, 0.6) is 0 Å². The van der Waals surface area contributed by atoms with Gasteiger partial charge in [-0.1, -0.05) is 17.4 Å². The number of thiazole rings is 1. The average Bonchev–Trinajstić information content (AvgIpc) is 3.21. The maximum atomic E-state index is 12.7. The molecule has 0 saturated carbocycles. The number of fused-ring (bicyclic) bond motifs is 1. The number of aromatic nitrogens is 1. The van der Waals surface area contributed by atoms with E-state index in [0.29, 0.717) is 24.4 Å². The summed E-state index contributed by atoms with van der Waals surface area (Å²) in [6.45, 7) is 11.0. The Labute approximate surface area is 157 Å². The van der Waals surface area contributed by atoms with Crippen LogP contribution in [0.25, 0.3) is 10.2 Å². The Morgan fingerprint density at radius 2 is 1.85 bits per heavy atom. The molecule has 0 spiro atoms. The summed E-state index contributed by atoms with van der Waals surface area (Å²) in [6.07, 6.45) is 0. The van der Waals surface area contributed by atoms with Gasteiger partial charge in [-0.05, 0) is 51.0 Å². The number of hydrogen-bond acceptors (Lipinski definition) is 5. The Morgan fingerprint density at radius 3 is 2.50 bits per heavy atom. The number of carbonyl (C=O) groups excluding carboxylic acids is 1. The van der Waals surface area contributed by atoms with Gasteiger partial charge < -0.3 is 14.2 Å². The van der Waals surface area contributed by atoms with E-state index in [1.54, 1.807) is 11.3 Å². The Morgan fingerprint density at radius 1 is 1.12 bits per heavy atom. The van der Waals surface area contributed by atoms with Gasteiger partial charge in [-0.25, -0.2) is 4.98 Å². The summed E-state index contributed by atoms with van der Waals surface area (Å²) in [4.78, 5) is 21.8. The highest BCUT2D eigenvalue weighted by Crippen LogP contribution is 2.32. The number of anilines is 1. The van der Waals surface area contributed by atoms with Crippen LogP contribution in [0.2, 0.25) is 0 Å². The molecule has 0 unspecified atom stereocenters. The summed E-state index contributed by atoms with van der Waals surface area (Å²) in [5, 5.41) is 1.05. The molecule has 5 nitrogen and oxygen atoms in total. The summed E-state index contributed by atoms with van der Waals surface area (Å²) in [6, 6.07) is 6.15. The second-order valence-electron chi connectivity index (χ2n) is 6.96. The van der Waals surface area contributed by atoms with Crippen LogP contribution < -0.4 is 4.90 Å². The quantitative estimate of drug-likeness (QED) is 0.683. The average molecular weight is 369 g/mol. The molecule has 2 aromatic heterocycles. The first-order valence-corrected chi connectivity index (χ1v) is 9.73. The highest BCUT2D eigenvalue weighted by atomic mass is 32.1. The molecular formula is C20H23N3O2S. The minimum atomic E-state index is 0.0646. The summed E-state index contributed by atoms with van der Waals surface area (Å²) in [5.41, 5.74) is 4.31. The van der Waals surface area contributed by atoms with Crippen molar-refractivity contribution in [2.45, 2.75) is 27.7 Å². The zero-order chi connectivity index (χ0) is 18.4. The van der Waals surface area contributed by atoms with Gasteiger partial charge in [0.1, 0.15) is 11.5 Å². The van der Waals surface area contributed by atoms with Gasteiger partial charge in [0.25, 0.3) is 5.91 Å². The summed E-state index contributed by atoms with van der Waals surface area (Å²) < 4.78 is 6.73. The van der Waals surface area contributed by atoms with Crippen LogP contribution in [0.15, 0.2) is 22.6 Å². The summed E-state index contributed by atoms with van der Waals surface area (Å²) in [7, 11) is 0. The minimum Gasteiger partial charge on any atom is -0.466 e. The second-order valence-corrected chi connectivity index (χ2v) is 7.97. The van der Waals surface area contributed by atoms with Crippen molar-refractivity contribution >= 4 is 32.6 Å². The van der Waals surface area contributed by atoms with Crippen LogP contribution in [0.4, 0.5) is 5.13 Å². The highest BCUT2D eigenvalue weighted by Gasteiger charge is 2.26. The lowest BCUT2D eigenvalue weighted by Crippen LogP contribution is -2.48. The topological polar surface area (TPSA) is 49.6 Å². The molecule has 3 aromatic rings. The lowest BCUT2D eigenvalue weighted by molar-refractivity contribution is 0.0745. The smallest absolute Gasteiger partial charge is 0.257 e. The van der Waals surface area contributed by atoms with E-state index in [9.17, 15) is 4.79 Å². The number of amides is 1. The van der Waals surface area contributed by atoms with Crippen LogP contribution in [0, 0.1) is 27.7 Å². The molecule has 0 atom stereocenters. The minimum absolute atomic E-state index is 0.0646. The maximum Gasteiger partial charge on any atom is 0.257 e. The van der Waals surface area contributed by atoms with Crippen LogP contribution in [0.1, 0.15) is 33.0 Å². The Bertz CT molecular complexity index is 981. The molecule has 0 N–H and O–H groups in total. The Hall–Kier alpha value is -2.34. The zero-order valence-corrected chi connectivity index (χ0v) is 16.4. The summed E-state index contributed by atoms with van der Waals surface area (Å²) >= 11 is 1.73. The van der Waals surface area contributed by atoms with E-state index < -0.39 is 0 Å². The molecule has 1 aliphatic heterocycles. The van der Waals surface area contributed by atoms with Gasteiger partial charge in [-0.15, -0.1) is 0 Å². The van der Waals surface area contributed by atoms with Gasteiger partial charge >= 0.3 is 0 Å². The molecule has 0 radical (unpaired) electrons. The fourth-order valence-electron chi connectivity index (χ4n) is 3.46. The predicted octanol–water partition coefficient (Wildman–Crippen LogP) is 4.09. The van der Waals surface area contributed by atoms with Crippen molar-refractivity contribution in [2.75, 3.05) is 31.1 Å². The van der Waals surface area contributed by atoms with Gasteiger partial charge in [-0.2, -0.15) is 0 Å². The van der Waals surface area contributed by atoms with E-state index in [4.69, 9.17) is 9.40 Å².